The summed E-state index contributed by atoms with van der Waals surface area (Å²) in [5.41, 5.74) is -1.83. The SMILES string of the molecule is COc1cc(F)c(NC(=O)C(=O)Nc2c(F)cc(OC)cc2F)c(F)c1. The number of rotatable bonds is 4. The molecule has 2 N–H and O–H groups in total. The molecule has 26 heavy (non-hydrogen) atoms. The fourth-order valence-electron chi connectivity index (χ4n) is 1.91. The smallest absolute Gasteiger partial charge is 0.314 e. The maximum Gasteiger partial charge on any atom is 0.314 e. The van der Waals surface area contributed by atoms with E-state index in [-0.39, 0.29) is 11.5 Å². The van der Waals surface area contributed by atoms with Crippen LogP contribution in [0, 0.1) is 23.3 Å². The summed E-state index contributed by atoms with van der Waals surface area (Å²) < 4.78 is 64.3. The maximum atomic E-state index is 13.8. The molecule has 2 amide bonds. The van der Waals surface area contributed by atoms with Gasteiger partial charge < -0.3 is 20.1 Å². The van der Waals surface area contributed by atoms with Gasteiger partial charge in [-0.15, -0.1) is 0 Å². The van der Waals surface area contributed by atoms with Crippen LogP contribution in [0.4, 0.5) is 28.9 Å². The molecule has 0 aliphatic carbocycles. The number of anilines is 2. The van der Waals surface area contributed by atoms with Crippen molar-refractivity contribution in [2.24, 2.45) is 0 Å². The van der Waals surface area contributed by atoms with Crippen LogP contribution in [0.3, 0.4) is 0 Å². The van der Waals surface area contributed by atoms with E-state index in [2.05, 4.69) is 9.47 Å². The molecule has 0 aliphatic rings. The van der Waals surface area contributed by atoms with Crippen LogP contribution < -0.4 is 20.1 Å². The molecule has 0 fully saturated rings. The number of halogens is 4. The second kappa shape index (κ2) is 7.72. The number of benzene rings is 2. The second-order valence-corrected chi connectivity index (χ2v) is 4.84. The van der Waals surface area contributed by atoms with Crippen LogP contribution in [0.25, 0.3) is 0 Å². The number of amides is 2. The standard InChI is InChI=1S/C16H12F4N2O4/c1-25-7-3-9(17)13(10(18)4-7)21-15(23)16(24)22-14-11(19)5-8(26-2)6-12(14)20/h3-6H,1-2H3,(H,21,23)(H,22,24). The van der Waals surface area contributed by atoms with Crippen molar-refractivity contribution < 1.29 is 36.6 Å². The Balaban J connectivity index is 2.18. The third-order valence-corrected chi connectivity index (χ3v) is 3.19. The molecule has 2 aromatic rings. The monoisotopic (exact) mass is 372 g/mol. The molecular weight excluding hydrogens is 360 g/mol. The average molecular weight is 372 g/mol. The Bertz CT molecular complexity index is 756. The quantitative estimate of drug-likeness (QED) is 0.639. The zero-order valence-corrected chi connectivity index (χ0v) is 13.5. The highest BCUT2D eigenvalue weighted by molar-refractivity contribution is 6.43. The Morgan fingerprint density at radius 2 is 0.962 bits per heavy atom. The molecule has 0 radical (unpaired) electrons. The van der Waals surface area contributed by atoms with Crippen molar-refractivity contribution in [2.45, 2.75) is 0 Å². The molecule has 138 valence electrons. The first-order chi connectivity index (χ1) is 12.3. The summed E-state index contributed by atoms with van der Waals surface area (Å²) in [5.74, 6) is -8.19. The van der Waals surface area contributed by atoms with Crippen molar-refractivity contribution in [2.75, 3.05) is 24.9 Å². The molecule has 0 unspecified atom stereocenters. The van der Waals surface area contributed by atoms with Gasteiger partial charge in [0.1, 0.15) is 22.9 Å². The van der Waals surface area contributed by atoms with E-state index in [1.807, 2.05) is 0 Å². The van der Waals surface area contributed by atoms with Crippen molar-refractivity contribution in [3.8, 4) is 11.5 Å². The molecule has 0 bridgehead atoms. The van der Waals surface area contributed by atoms with Gasteiger partial charge in [0.25, 0.3) is 0 Å². The van der Waals surface area contributed by atoms with E-state index in [1.165, 1.54) is 14.2 Å². The number of methoxy groups -OCH3 is 2. The third-order valence-electron chi connectivity index (χ3n) is 3.19. The zero-order chi connectivity index (χ0) is 19.4. The van der Waals surface area contributed by atoms with Gasteiger partial charge in [-0.25, -0.2) is 17.6 Å². The van der Waals surface area contributed by atoms with Gasteiger partial charge in [-0.05, 0) is 0 Å². The molecule has 6 nitrogen and oxygen atoms in total. The van der Waals surface area contributed by atoms with Crippen molar-refractivity contribution in [3.05, 3.63) is 47.5 Å². The molecular formula is C16H12F4N2O4. The van der Waals surface area contributed by atoms with Gasteiger partial charge in [-0.3, -0.25) is 9.59 Å². The molecule has 0 saturated heterocycles. The summed E-state index contributed by atoms with van der Waals surface area (Å²) in [6.45, 7) is 0. The van der Waals surface area contributed by atoms with Crippen molar-refractivity contribution in [1.29, 1.82) is 0 Å². The number of hydrogen-bond acceptors (Lipinski definition) is 4. The van der Waals surface area contributed by atoms with Gasteiger partial charge in [0, 0.05) is 24.3 Å². The van der Waals surface area contributed by atoms with E-state index < -0.39 is 46.5 Å². The minimum absolute atomic E-state index is 0.148. The lowest BCUT2D eigenvalue weighted by atomic mass is 10.2. The number of carbonyl (C=O) groups is 2. The van der Waals surface area contributed by atoms with Crippen LogP contribution in [-0.4, -0.2) is 26.0 Å². The van der Waals surface area contributed by atoms with E-state index in [1.54, 1.807) is 10.6 Å². The first kappa shape index (κ1) is 19.0. The zero-order valence-electron chi connectivity index (χ0n) is 13.5. The van der Waals surface area contributed by atoms with E-state index in [0.29, 0.717) is 0 Å². The molecule has 2 rings (SSSR count). The highest BCUT2D eigenvalue weighted by Gasteiger charge is 2.22. The van der Waals surface area contributed by atoms with Gasteiger partial charge in [-0.2, -0.15) is 0 Å². The Hall–Kier alpha value is -3.30. The molecule has 0 atom stereocenters. The van der Waals surface area contributed by atoms with Crippen LogP contribution >= 0.6 is 0 Å². The number of carbonyl (C=O) groups excluding carboxylic acids is 2. The first-order valence-corrected chi connectivity index (χ1v) is 6.95. The van der Waals surface area contributed by atoms with Gasteiger partial charge in [0.2, 0.25) is 0 Å². The molecule has 0 heterocycles. The summed E-state index contributed by atoms with van der Waals surface area (Å²) in [7, 11) is 2.36. The van der Waals surface area contributed by atoms with Crippen LogP contribution in [-0.2, 0) is 9.59 Å². The minimum atomic E-state index is -1.54. The highest BCUT2D eigenvalue weighted by Crippen LogP contribution is 2.26. The Kier molecular flexibility index (Phi) is 5.65. The van der Waals surface area contributed by atoms with Gasteiger partial charge in [0.15, 0.2) is 23.3 Å². The number of hydrogen-bond donors (Lipinski definition) is 2. The molecule has 2 aromatic carbocycles. The van der Waals surface area contributed by atoms with Crippen LogP contribution in [0.2, 0.25) is 0 Å². The fourth-order valence-corrected chi connectivity index (χ4v) is 1.91. The van der Waals surface area contributed by atoms with Gasteiger partial charge >= 0.3 is 11.8 Å². The predicted octanol–water partition coefficient (Wildman–Crippen LogP) is 2.84. The molecule has 10 heteroatoms. The highest BCUT2D eigenvalue weighted by atomic mass is 19.1. The maximum absolute atomic E-state index is 13.8. The lowest BCUT2D eigenvalue weighted by Gasteiger charge is -2.11. The molecule has 0 spiro atoms. The average Bonchev–Trinajstić information content (AvgIpc) is 2.60. The summed E-state index contributed by atoms with van der Waals surface area (Å²) in [6.07, 6.45) is 0. The number of nitrogens with one attached hydrogen (secondary N) is 2. The van der Waals surface area contributed by atoms with Gasteiger partial charge in [-0.1, -0.05) is 0 Å². The number of ether oxygens (including phenoxy) is 2. The predicted molar refractivity (Wildman–Crippen MR) is 83.1 cm³/mol. The topological polar surface area (TPSA) is 76.7 Å². The van der Waals surface area contributed by atoms with E-state index in [0.717, 1.165) is 24.3 Å². The Morgan fingerprint density at radius 1 is 0.692 bits per heavy atom. The lowest BCUT2D eigenvalue weighted by Crippen LogP contribution is -2.30. The van der Waals surface area contributed by atoms with Crippen LogP contribution in [0.5, 0.6) is 11.5 Å². The molecule has 0 saturated carbocycles. The van der Waals surface area contributed by atoms with Gasteiger partial charge in [0.05, 0.1) is 14.2 Å². The van der Waals surface area contributed by atoms with E-state index >= 15 is 0 Å². The Labute approximate surface area is 144 Å². The second-order valence-electron chi connectivity index (χ2n) is 4.84. The normalized spacial score (nSPS) is 10.2. The molecule has 0 aliphatic heterocycles. The fraction of sp³-hybridized carbons (Fsp3) is 0.125. The minimum Gasteiger partial charge on any atom is -0.497 e. The van der Waals surface area contributed by atoms with Crippen molar-refractivity contribution in [3.63, 3.8) is 0 Å². The van der Waals surface area contributed by atoms with Crippen molar-refractivity contribution >= 4 is 23.2 Å². The Morgan fingerprint density at radius 3 is 1.19 bits per heavy atom. The molecule has 0 aromatic heterocycles. The van der Waals surface area contributed by atoms with Crippen LogP contribution in [0.1, 0.15) is 0 Å². The summed E-state index contributed by atoms with van der Waals surface area (Å²) in [5, 5.41) is 3.37. The third kappa shape index (κ3) is 4.02. The lowest BCUT2D eigenvalue weighted by molar-refractivity contribution is -0.133. The van der Waals surface area contributed by atoms with E-state index in [4.69, 9.17) is 0 Å². The summed E-state index contributed by atoms with van der Waals surface area (Å²) in [6, 6.07) is 3.11. The van der Waals surface area contributed by atoms with E-state index in [9.17, 15) is 27.2 Å². The summed E-state index contributed by atoms with van der Waals surface area (Å²) in [4.78, 5) is 23.5. The largest absolute Gasteiger partial charge is 0.497 e. The van der Waals surface area contributed by atoms with Crippen molar-refractivity contribution in [1.82, 2.24) is 0 Å². The van der Waals surface area contributed by atoms with Crippen LogP contribution in [0.15, 0.2) is 24.3 Å². The first-order valence-electron chi connectivity index (χ1n) is 6.95. The summed E-state index contributed by atoms with van der Waals surface area (Å²) >= 11 is 0.